The summed E-state index contributed by atoms with van der Waals surface area (Å²) >= 11 is 0. The molecule has 1 aromatic heterocycles. The van der Waals surface area contributed by atoms with Crippen molar-refractivity contribution in [3.8, 4) is 11.1 Å². The zero-order chi connectivity index (χ0) is 32.0. The summed E-state index contributed by atoms with van der Waals surface area (Å²) in [6.45, 7) is 2.05. The van der Waals surface area contributed by atoms with Crippen molar-refractivity contribution in [1.82, 2.24) is 15.2 Å². The van der Waals surface area contributed by atoms with E-state index in [2.05, 4.69) is 30.6 Å². The number of halogens is 3. The summed E-state index contributed by atoms with van der Waals surface area (Å²) in [5, 5.41) is 8.82. The molecule has 0 unspecified atom stereocenters. The van der Waals surface area contributed by atoms with E-state index in [4.69, 9.17) is 0 Å². The molecule has 5 rings (SSSR count). The Balaban J connectivity index is 1.37. The van der Waals surface area contributed by atoms with Gasteiger partial charge in [0.25, 0.3) is 10.0 Å². The minimum Gasteiger partial charge on any atom is -0.382 e. The van der Waals surface area contributed by atoms with Crippen LogP contribution in [0.25, 0.3) is 11.1 Å². The fourth-order valence-corrected chi connectivity index (χ4v) is 6.36. The van der Waals surface area contributed by atoms with Gasteiger partial charge < -0.3 is 20.9 Å². The molecule has 2 heterocycles. The summed E-state index contributed by atoms with van der Waals surface area (Å²) < 4.78 is 71.1. The summed E-state index contributed by atoms with van der Waals surface area (Å²) in [6, 6.07) is 18.8. The number of nitrogens with one attached hydrogen (secondary N) is 4. The fraction of sp³-hybridized carbons (Fsp3) is 0.250. The average molecular weight is 639 g/mol. The third kappa shape index (κ3) is 8.31. The molecule has 2 amide bonds. The Hall–Kier alpha value is -4.62. The molecule has 4 aromatic rings. The summed E-state index contributed by atoms with van der Waals surface area (Å²) in [4.78, 5) is 18.0. The van der Waals surface area contributed by atoms with Gasteiger partial charge in [0, 0.05) is 53.2 Å². The lowest BCUT2D eigenvalue weighted by Gasteiger charge is -2.31. The van der Waals surface area contributed by atoms with Gasteiger partial charge in [-0.3, -0.25) is 9.71 Å². The van der Waals surface area contributed by atoms with E-state index in [1.165, 1.54) is 30.3 Å². The van der Waals surface area contributed by atoms with Crippen molar-refractivity contribution in [2.75, 3.05) is 35.5 Å². The van der Waals surface area contributed by atoms with Crippen molar-refractivity contribution >= 4 is 33.1 Å². The molecule has 1 fully saturated rings. The van der Waals surface area contributed by atoms with Crippen molar-refractivity contribution < 1.29 is 26.4 Å². The number of anilines is 3. The second-order valence-electron chi connectivity index (χ2n) is 10.8. The van der Waals surface area contributed by atoms with Crippen LogP contribution in [0.15, 0.2) is 96.2 Å². The zero-order valence-electron chi connectivity index (χ0n) is 24.4. The normalized spacial score (nSPS) is 14.5. The molecule has 3 aromatic carbocycles. The van der Waals surface area contributed by atoms with Gasteiger partial charge in [-0.1, -0.05) is 30.3 Å². The maximum atomic E-state index is 13.8. The van der Waals surface area contributed by atoms with Gasteiger partial charge in [-0.2, -0.15) is 13.2 Å². The maximum absolute atomic E-state index is 13.8. The van der Waals surface area contributed by atoms with E-state index in [-0.39, 0.29) is 23.8 Å². The molecule has 1 aliphatic rings. The molecule has 13 heteroatoms. The molecular formula is C32H33F3N6O3S. The molecule has 4 N–H and O–H groups in total. The molecule has 0 aliphatic carbocycles. The number of piperidine rings is 1. The first-order valence-corrected chi connectivity index (χ1v) is 15.8. The number of carbonyl (C=O) groups excluding carboxylic acids is 1. The molecule has 45 heavy (non-hydrogen) atoms. The molecule has 9 nitrogen and oxygen atoms in total. The Morgan fingerprint density at radius 2 is 1.64 bits per heavy atom. The van der Waals surface area contributed by atoms with Crippen LogP contribution in [0.3, 0.4) is 0 Å². The number of aromatic nitrogens is 1. The molecule has 0 saturated carbocycles. The number of carbonyl (C=O) groups is 1. The first kappa shape index (κ1) is 31.8. The summed E-state index contributed by atoms with van der Waals surface area (Å²) in [6.07, 6.45) is 0.255. The second-order valence-corrected chi connectivity index (χ2v) is 12.5. The van der Waals surface area contributed by atoms with Crippen LogP contribution in [0.1, 0.15) is 24.0 Å². The molecule has 0 atom stereocenters. The lowest BCUT2D eigenvalue weighted by Crippen LogP contribution is -2.36. The lowest BCUT2D eigenvalue weighted by atomic mass is 9.99. The molecule has 0 spiro atoms. The fourth-order valence-electron chi connectivity index (χ4n) is 5.05. The minimum absolute atomic E-state index is 0.109. The number of amides is 2. The Morgan fingerprint density at radius 1 is 0.933 bits per heavy atom. The molecule has 1 aliphatic heterocycles. The Morgan fingerprint density at radius 3 is 2.33 bits per heavy atom. The topological polar surface area (TPSA) is 115 Å². The number of alkyl halides is 3. The predicted octanol–water partition coefficient (Wildman–Crippen LogP) is 6.40. The quantitative estimate of drug-likeness (QED) is 0.169. The SMILES string of the molecule is CN1CCC(Nc2ccccc2-c2ccc(C(F)(F)F)cc2S(=O)(=O)Nc2ccc(NC(=O)NCc3cccnc3)cc2)CC1. The van der Waals surface area contributed by atoms with Crippen molar-refractivity contribution in [3.63, 3.8) is 0 Å². The van der Waals surface area contributed by atoms with Crippen LogP contribution in [-0.2, 0) is 22.7 Å². The van der Waals surface area contributed by atoms with Crippen molar-refractivity contribution in [2.24, 2.45) is 0 Å². The van der Waals surface area contributed by atoms with E-state index in [0.717, 1.165) is 37.6 Å². The summed E-state index contributed by atoms with van der Waals surface area (Å²) in [5.41, 5.74) is 1.47. The average Bonchev–Trinajstić information content (AvgIpc) is 3.02. The molecule has 1 saturated heterocycles. The lowest BCUT2D eigenvalue weighted by molar-refractivity contribution is -0.137. The van der Waals surface area contributed by atoms with Crippen LogP contribution >= 0.6 is 0 Å². The van der Waals surface area contributed by atoms with Crippen LogP contribution in [0, 0.1) is 0 Å². The van der Waals surface area contributed by atoms with Gasteiger partial charge in [0.1, 0.15) is 0 Å². The highest BCUT2D eigenvalue weighted by molar-refractivity contribution is 7.92. The largest absolute Gasteiger partial charge is 0.416 e. The van der Waals surface area contributed by atoms with E-state index < -0.39 is 32.7 Å². The number of hydrogen-bond donors (Lipinski definition) is 4. The minimum atomic E-state index is -4.75. The number of nitrogens with zero attached hydrogens (tertiary/aromatic N) is 2. The predicted molar refractivity (Wildman–Crippen MR) is 168 cm³/mol. The van der Waals surface area contributed by atoms with Gasteiger partial charge in [0.2, 0.25) is 0 Å². The van der Waals surface area contributed by atoms with E-state index in [1.54, 1.807) is 42.7 Å². The third-order valence-corrected chi connectivity index (χ3v) is 8.89. The number of pyridine rings is 1. The number of benzene rings is 3. The number of para-hydroxylation sites is 1. The van der Waals surface area contributed by atoms with Crippen molar-refractivity contribution in [2.45, 2.75) is 36.5 Å². The second kappa shape index (κ2) is 13.6. The zero-order valence-corrected chi connectivity index (χ0v) is 25.3. The number of hydrogen-bond acceptors (Lipinski definition) is 6. The number of rotatable bonds is 9. The molecule has 0 radical (unpaired) electrons. The highest BCUT2D eigenvalue weighted by atomic mass is 32.2. The van der Waals surface area contributed by atoms with Crippen LogP contribution in [0.4, 0.5) is 35.0 Å². The Kier molecular flexibility index (Phi) is 9.59. The first-order valence-electron chi connectivity index (χ1n) is 14.3. The Labute approximate surface area is 259 Å². The van der Waals surface area contributed by atoms with E-state index >= 15 is 0 Å². The van der Waals surface area contributed by atoms with Gasteiger partial charge in [0.15, 0.2) is 0 Å². The van der Waals surface area contributed by atoms with E-state index in [0.29, 0.717) is 23.0 Å². The van der Waals surface area contributed by atoms with Crippen LogP contribution in [0.2, 0.25) is 0 Å². The third-order valence-electron chi connectivity index (χ3n) is 7.46. The van der Waals surface area contributed by atoms with Crippen LogP contribution in [0.5, 0.6) is 0 Å². The van der Waals surface area contributed by atoms with Crippen molar-refractivity contribution in [1.29, 1.82) is 0 Å². The highest BCUT2D eigenvalue weighted by Gasteiger charge is 2.33. The van der Waals surface area contributed by atoms with Gasteiger partial charge in [-0.15, -0.1) is 0 Å². The monoisotopic (exact) mass is 638 g/mol. The van der Waals surface area contributed by atoms with Gasteiger partial charge in [-0.25, -0.2) is 13.2 Å². The summed E-state index contributed by atoms with van der Waals surface area (Å²) in [5.74, 6) is 0. The highest BCUT2D eigenvalue weighted by Crippen LogP contribution is 2.39. The smallest absolute Gasteiger partial charge is 0.382 e. The van der Waals surface area contributed by atoms with Crippen molar-refractivity contribution in [3.05, 3.63) is 102 Å². The number of likely N-dealkylation sites (tertiary alicyclic amines) is 1. The van der Waals surface area contributed by atoms with Gasteiger partial charge >= 0.3 is 12.2 Å². The van der Waals surface area contributed by atoms with E-state index in [1.807, 2.05) is 13.1 Å². The summed E-state index contributed by atoms with van der Waals surface area (Å²) in [7, 11) is -2.45. The molecule has 0 bridgehead atoms. The molecule has 236 valence electrons. The first-order chi connectivity index (χ1) is 21.5. The molecular weight excluding hydrogens is 605 g/mol. The standard InChI is InChI=1S/C32H33F3N6O3S/c1-41-17-14-25(15-18-41)38-29-7-3-2-6-27(29)28-13-8-23(32(33,34)35)19-30(28)45(43,44)40-26-11-9-24(10-12-26)39-31(42)37-21-22-5-4-16-36-20-22/h2-13,16,19-20,25,38,40H,14-15,17-18,21H2,1H3,(H2,37,39,42). The number of urea groups is 1. The van der Waals surface area contributed by atoms with Crippen LogP contribution in [-0.4, -0.2) is 50.5 Å². The number of sulfonamides is 1. The Bertz CT molecular complexity index is 1730. The van der Waals surface area contributed by atoms with E-state index in [9.17, 15) is 26.4 Å². The van der Waals surface area contributed by atoms with Gasteiger partial charge in [0.05, 0.1) is 10.5 Å². The maximum Gasteiger partial charge on any atom is 0.416 e. The van der Waals surface area contributed by atoms with Gasteiger partial charge in [-0.05, 0) is 87.1 Å². The van der Waals surface area contributed by atoms with Crippen LogP contribution < -0.4 is 20.7 Å².